The number of carbonyl (C=O) groups is 1. The van der Waals surface area contributed by atoms with Crippen molar-refractivity contribution in [1.29, 1.82) is 0 Å². The van der Waals surface area contributed by atoms with Crippen molar-refractivity contribution < 1.29 is 4.79 Å². The Bertz CT molecular complexity index is 707. The summed E-state index contributed by atoms with van der Waals surface area (Å²) in [6.07, 6.45) is 2.10. The molecule has 2 heterocycles. The Morgan fingerprint density at radius 3 is 2.57 bits per heavy atom. The molecule has 1 saturated heterocycles. The van der Waals surface area contributed by atoms with Crippen molar-refractivity contribution in [2.75, 3.05) is 6.54 Å². The van der Waals surface area contributed by atoms with Gasteiger partial charge in [-0.25, -0.2) is 0 Å². The van der Waals surface area contributed by atoms with Crippen LogP contribution in [0.4, 0.5) is 0 Å². The monoisotopic (exact) mass is 312 g/mol. The average molecular weight is 312 g/mol. The van der Waals surface area contributed by atoms with Crippen LogP contribution in [0.15, 0.2) is 30.3 Å². The van der Waals surface area contributed by atoms with Gasteiger partial charge >= 0.3 is 0 Å². The zero-order valence-corrected chi connectivity index (χ0v) is 14.0. The van der Waals surface area contributed by atoms with Crippen LogP contribution in [0.2, 0.25) is 0 Å². The van der Waals surface area contributed by atoms with Gasteiger partial charge in [-0.2, -0.15) is 5.10 Å². The van der Waals surface area contributed by atoms with E-state index in [0.29, 0.717) is 0 Å². The van der Waals surface area contributed by atoms with E-state index in [-0.39, 0.29) is 18.0 Å². The third-order valence-electron chi connectivity index (χ3n) is 4.91. The highest BCUT2D eigenvalue weighted by atomic mass is 16.1. The van der Waals surface area contributed by atoms with Gasteiger partial charge in [-0.3, -0.25) is 14.4 Å². The summed E-state index contributed by atoms with van der Waals surface area (Å²) in [5.74, 6) is -0.290. The van der Waals surface area contributed by atoms with Crippen molar-refractivity contribution in [2.24, 2.45) is 12.8 Å². The molecule has 1 aliphatic rings. The molecule has 1 amide bonds. The Morgan fingerprint density at radius 2 is 2.00 bits per heavy atom. The minimum Gasteiger partial charge on any atom is -0.368 e. The molecule has 1 fully saturated rings. The van der Waals surface area contributed by atoms with E-state index in [2.05, 4.69) is 16.9 Å². The molecule has 122 valence electrons. The second kappa shape index (κ2) is 6.16. The van der Waals surface area contributed by atoms with Crippen LogP contribution in [0, 0.1) is 13.8 Å². The van der Waals surface area contributed by atoms with Crippen molar-refractivity contribution in [3.05, 3.63) is 52.8 Å². The first-order chi connectivity index (χ1) is 11.0. The SMILES string of the molecule is Cc1nn(C)c(C)c1[C@H]1CCCN1[C@H](C(N)=O)c1ccccc1. The zero-order valence-electron chi connectivity index (χ0n) is 14.0. The summed E-state index contributed by atoms with van der Waals surface area (Å²) in [5.41, 5.74) is 10.2. The number of carbonyl (C=O) groups excluding carboxylic acids is 1. The lowest BCUT2D eigenvalue weighted by Crippen LogP contribution is -2.37. The molecule has 0 radical (unpaired) electrons. The first-order valence-corrected chi connectivity index (χ1v) is 8.10. The van der Waals surface area contributed by atoms with E-state index >= 15 is 0 Å². The summed E-state index contributed by atoms with van der Waals surface area (Å²) < 4.78 is 1.92. The fourth-order valence-electron chi connectivity index (χ4n) is 3.83. The zero-order chi connectivity index (χ0) is 16.6. The molecule has 1 aliphatic heterocycles. The Hall–Kier alpha value is -2.14. The van der Waals surface area contributed by atoms with Crippen LogP contribution in [0.25, 0.3) is 0 Å². The Labute approximate surface area is 137 Å². The van der Waals surface area contributed by atoms with E-state index in [9.17, 15) is 4.79 Å². The molecule has 0 saturated carbocycles. The molecule has 0 aliphatic carbocycles. The van der Waals surface area contributed by atoms with Crippen LogP contribution >= 0.6 is 0 Å². The maximum Gasteiger partial charge on any atom is 0.239 e. The van der Waals surface area contributed by atoms with Gasteiger partial charge in [0.25, 0.3) is 0 Å². The van der Waals surface area contributed by atoms with Crippen LogP contribution in [-0.4, -0.2) is 27.1 Å². The third kappa shape index (κ3) is 2.77. The fraction of sp³-hybridized carbons (Fsp3) is 0.444. The highest BCUT2D eigenvalue weighted by Gasteiger charge is 2.37. The molecular weight excluding hydrogens is 288 g/mol. The molecule has 1 aromatic carbocycles. The van der Waals surface area contributed by atoms with E-state index in [4.69, 9.17) is 5.73 Å². The minimum atomic E-state index is -0.386. The van der Waals surface area contributed by atoms with E-state index in [0.717, 1.165) is 36.3 Å². The van der Waals surface area contributed by atoms with Crippen molar-refractivity contribution in [3.63, 3.8) is 0 Å². The number of hydrogen-bond donors (Lipinski definition) is 1. The predicted molar refractivity (Wildman–Crippen MR) is 89.7 cm³/mol. The second-order valence-electron chi connectivity index (χ2n) is 6.32. The highest BCUT2D eigenvalue weighted by Crippen LogP contribution is 2.40. The van der Waals surface area contributed by atoms with Crippen molar-refractivity contribution in [3.8, 4) is 0 Å². The van der Waals surface area contributed by atoms with Crippen molar-refractivity contribution >= 4 is 5.91 Å². The van der Waals surface area contributed by atoms with Gasteiger partial charge in [0.15, 0.2) is 0 Å². The van der Waals surface area contributed by atoms with Crippen LogP contribution < -0.4 is 5.73 Å². The lowest BCUT2D eigenvalue weighted by Gasteiger charge is -2.31. The highest BCUT2D eigenvalue weighted by molar-refractivity contribution is 5.81. The number of rotatable bonds is 4. The number of nitrogens with zero attached hydrogens (tertiary/aromatic N) is 3. The molecule has 5 heteroatoms. The summed E-state index contributed by atoms with van der Waals surface area (Å²) in [5, 5.41) is 4.54. The smallest absolute Gasteiger partial charge is 0.239 e. The Kier molecular flexibility index (Phi) is 4.22. The fourth-order valence-corrected chi connectivity index (χ4v) is 3.83. The molecule has 2 aromatic rings. The van der Waals surface area contributed by atoms with Crippen LogP contribution in [-0.2, 0) is 11.8 Å². The van der Waals surface area contributed by atoms with Gasteiger partial charge < -0.3 is 5.73 Å². The topological polar surface area (TPSA) is 64.2 Å². The van der Waals surface area contributed by atoms with E-state index in [1.54, 1.807) is 0 Å². The number of amides is 1. The first-order valence-electron chi connectivity index (χ1n) is 8.10. The number of primary amides is 1. The molecule has 1 aromatic heterocycles. The lowest BCUT2D eigenvalue weighted by atomic mass is 9.98. The number of nitrogens with two attached hydrogens (primary N) is 1. The lowest BCUT2D eigenvalue weighted by molar-refractivity contribution is -0.123. The number of hydrogen-bond acceptors (Lipinski definition) is 3. The summed E-state index contributed by atoms with van der Waals surface area (Å²) in [6, 6.07) is 9.64. The van der Waals surface area contributed by atoms with Gasteiger partial charge in [0.1, 0.15) is 6.04 Å². The van der Waals surface area contributed by atoms with Gasteiger partial charge in [-0.1, -0.05) is 30.3 Å². The molecule has 3 rings (SSSR count). The molecule has 23 heavy (non-hydrogen) atoms. The summed E-state index contributed by atoms with van der Waals surface area (Å²) in [7, 11) is 1.97. The third-order valence-corrected chi connectivity index (χ3v) is 4.91. The normalized spacial score (nSPS) is 19.9. The average Bonchev–Trinajstić information content (AvgIpc) is 3.06. The van der Waals surface area contributed by atoms with Gasteiger partial charge in [0, 0.05) is 24.3 Å². The second-order valence-corrected chi connectivity index (χ2v) is 6.32. The number of aryl methyl sites for hydroxylation is 2. The summed E-state index contributed by atoms with van der Waals surface area (Å²) in [6.45, 7) is 5.01. The number of benzene rings is 1. The number of likely N-dealkylation sites (tertiary alicyclic amines) is 1. The van der Waals surface area contributed by atoms with Gasteiger partial charge in [0.2, 0.25) is 5.91 Å². The molecule has 0 bridgehead atoms. The minimum absolute atomic E-state index is 0.196. The Balaban J connectivity index is 2.01. The van der Waals surface area contributed by atoms with Gasteiger partial charge in [-0.15, -0.1) is 0 Å². The molecule has 0 unspecified atom stereocenters. The summed E-state index contributed by atoms with van der Waals surface area (Å²) in [4.78, 5) is 14.4. The van der Waals surface area contributed by atoms with E-state index in [1.807, 2.05) is 49.0 Å². The maximum atomic E-state index is 12.2. The van der Waals surface area contributed by atoms with E-state index < -0.39 is 0 Å². The van der Waals surface area contributed by atoms with Gasteiger partial charge in [-0.05, 0) is 38.8 Å². The molecule has 5 nitrogen and oxygen atoms in total. The molecule has 0 spiro atoms. The van der Waals surface area contributed by atoms with Crippen LogP contribution in [0.5, 0.6) is 0 Å². The standard InChI is InChI=1S/C18H24N4O/c1-12-16(13(2)21(3)20-12)15-10-7-11-22(15)17(18(19)23)14-8-5-4-6-9-14/h4-6,8-9,15,17H,7,10-11H2,1-3H3,(H2,19,23)/t15-,17+/m1/s1. The Morgan fingerprint density at radius 1 is 1.30 bits per heavy atom. The largest absolute Gasteiger partial charge is 0.368 e. The van der Waals surface area contributed by atoms with Crippen molar-refractivity contribution in [2.45, 2.75) is 38.8 Å². The molecular formula is C18H24N4O. The molecule has 2 atom stereocenters. The number of aromatic nitrogens is 2. The van der Waals surface area contributed by atoms with E-state index in [1.165, 1.54) is 5.56 Å². The quantitative estimate of drug-likeness (QED) is 0.943. The van der Waals surface area contributed by atoms with Crippen LogP contribution in [0.3, 0.4) is 0 Å². The molecule has 2 N–H and O–H groups in total. The van der Waals surface area contributed by atoms with Crippen molar-refractivity contribution in [1.82, 2.24) is 14.7 Å². The summed E-state index contributed by atoms with van der Waals surface area (Å²) >= 11 is 0. The maximum absolute atomic E-state index is 12.2. The van der Waals surface area contributed by atoms with Gasteiger partial charge in [0.05, 0.1) is 5.69 Å². The predicted octanol–water partition coefficient (Wildman–Crippen LogP) is 2.40. The first kappa shape index (κ1) is 15.7. The van der Waals surface area contributed by atoms with Crippen LogP contribution in [0.1, 0.15) is 47.4 Å².